The lowest BCUT2D eigenvalue weighted by atomic mass is 10.1. The van der Waals surface area contributed by atoms with Crippen molar-refractivity contribution in [1.82, 2.24) is 0 Å². The summed E-state index contributed by atoms with van der Waals surface area (Å²) in [5.74, 6) is -1.80. The maximum atomic E-state index is 13.2. The first-order chi connectivity index (χ1) is 15.7. The highest BCUT2D eigenvalue weighted by atomic mass is 32.2. The van der Waals surface area contributed by atoms with Crippen molar-refractivity contribution < 1.29 is 23.1 Å². The molecule has 0 spiro atoms. The number of carboxylic acids is 1. The molecule has 10 heteroatoms. The molecular formula is C23H22N4O5S. The van der Waals surface area contributed by atoms with Gasteiger partial charge in [-0.25, -0.2) is 13.4 Å². The van der Waals surface area contributed by atoms with Crippen LogP contribution in [0.25, 0.3) is 0 Å². The molecule has 1 unspecified atom stereocenters. The molecule has 0 radical (unpaired) electrons. The lowest BCUT2D eigenvalue weighted by molar-refractivity contribution is -0.137. The number of carbonyl (C=O) groups is 2. The number of carboxylic acid groups (broad SMARTS) is 1. The molecule has 33 heavy (non-hydrogen) atoms. The van der Waals surface area contributed by atoms with Crippen LogP contribution >= 0.6 is 0 Å². The summed E-state index contributed by atoms with van der Waals surface area (Å²) in [5.41, 5.74) is 12.2. The zero-order valence-electron chi connectivity index (χ0n) is 17.4. The standard InChI is InChI=1S/C23H22N4O5S/c24-23(25)27-18-8-4-7-16(13-18)22(30)26-17-9-11-19(12-10-17)33(31,32)20(14-21(28)29)15-5-2-1-3-6-15/h1-13,20H,14H2,(H,26,30)(H,28,29)(H4,24,25,27). The number of carbonyl (C=O) groups excluding carboxylic acids is 1. The van der Waals surface area contributed by atoms with E-state index in [4.69, 9.17) is 11.5 Å². The molecule has 170 valence electrons. The number of benzene rings is 3. The number of anilines is 1. The molecule has 1 atom stereocenters. The molecule has 3 aromatic carbocycles. The number of rotatable bonds is 8. The van der Waals surface area contributed by atoms with Gasteiger partial charge in [-0.1, -0.05) is 36.4 Å². The Morgan fingerprint density at radius 3 is 2.21 bits per heavy atom. The van der Waals surface area contributed by atoms with E-state index < -0.39 is 33.4 Å². The zero-order chi connectivity index (χ0) is 24.0. The average molecular weight is 467 g/mol. The molecule has 0 heterocycles. The van der Waals surface area contributed by atoms with E-state index in [1.54, 1.807) is 48.5 Å². The SMILES string of the molecule is NC(N)=Nc1cccc(C(=O)Nc2ccc(S(=O)(=O)C(CC(=O)O)c3ccccc3)cc2)c1. The number of guanidine groups is 1. The highest BCUT2D eigenvalue weighted by Gasteiger charge is 2.31. The highest BCUT2D eigenvalue weighted by Crippen LogP contribution is 2.32. The van der Waals surface area contributed by atoms with Gasteiger partial charge in [-0.15, -0.1) is 0 Å². The molecular weight excluding hydrogens is 444 g/mol. The predicted octanol–water partition coefficient (Wildman–Crippen LogP) is 2.83. The van der Waals surface area contributed by atoms with E-state index in [2.05, 4.69) is 10.3 Å². The number of hydrogen-bond acceptors (Lipinski definition) is 5. The van der Waals surface area contributed by atoms with E-state index in [-0.39, 0.29) is 10.9 Å². The van der Waals surface area contributed by atoms with E-state index >= 15 is 0 Å². The third-order valence-electron chi connectivity index (χ3n) is 4.71. The van der Waals surface area contributed by atoms with Crippen LogP contribution in [0.1, 0.15) is 27.6 Å². The lowest BCUT2D eigenvalue weighted by Crippen LogP contribution is -2.22. The van der Waals surface area contributed by atoms with Gasteiger partial charge in [0.25, 0.3) is 5.91 Å². The van der Waals surface area contributed by atoms with Crippen LogP contribution in [0.3, 0.4) is 0 Å². The van der Waals surface area contributed by atoms with Crippen LogP contribution in [0.2, 0.25) is 0 Å². The third-order valence-corrected chi connectivity index (χ3v) is 6.83. The zero-order valence-corrected chi connectivity index (χ0v) is 18.2. The molecule has 3 aromatic rings. The largest absolute Gasteiger partial charge is 0.481 e. The fourth-order valence-corrected chi connectivity index (χ4v) is 4.92. The van der Waals surface area contributed by atoms with Crippen LogP contribution in [0.4, 0.5) is 11.4 Å². The molecule has 0 aromatic heterocycles. The van der Waals surface area contributed by atoms with Crippen molar-refractivity contribution in [3.05, 3.63) is 90.0 Å². The number of nitrogens with one attached hydrogen (secondary N) is 1. The maximum Gasteiger partial charge on any atom is 0.305 e. The van der Waals surface area contributed by atoms with Crippen LogP contribution in [0.5, 0.6) is 0 Å². The maximum absolute atomic E-state index is 13.2. The van der Waals surface area contributed by atoms with E-state index in [0.717, 1.165) is 0 Å². The summed E-state index contributed by atoms with van der Waals surface area (Å²) in [6.45, 7) is 0. The van der Waals surface area contributed by atoms with Crippen molar-refractivity contribution in [1.29, 1.82) is 0 Å². The van der Waals surface area contributed by atoms with Crippen molar-refractivity contribution in [2.45, 2.75) is 16.6 Å². The number of aliphatic carboxylic acids is 1. The molecule has 0 aliphatic carbocycles. The number of aliphatic imine (C=N–C) groups is 1. The van der Waals surface area contributed by atoms with E-state index in [0.29, 0.717) is 22.5 Å². The van der Waals surface area contributed by atoms with Gasteiger partial charge < -0.3 is 21.9 Å². The number of sulfone groups is 1. The second kappa shape index (κ2) is 9.96. The first-order valence-corrected chi connectivity index (χ1v) is 11.3. The minimum atomic E-state index is -4.00. The molecule has 0 fully saturated rings. The number of nitrogens with two attached hydrogens (primary N) is 2. The van der Waals surface area contributed by atoms with Gasteiger partial charge in [0.1, 0.15) is 5.25 Å². The first kappa shape index (κ1) is 23.5. The minimum Gasteiger partial charge on any atom is -0.481 e. The molecule has 9 nitrogen and oxygen atoms in total. The van der Waals surface area contributed by atoms with Crippen molar-refractivity contribution >= 4 is 39.0 Å². The fourth-order valence-electron chi connectivity index (χ4n) is 3.19. The Morgan fingerprint density at radius 2 is 1.61 bits per heavy atom. The summed E-state index contributed by atoms with van der Waals surface area (Å²) in [6.07, 6.45) is -0.572. The van der Waals surface area contributed by atoms with Crippen molar-refractivity contribution in [3.8, 4) is 0 Å². The average Bonchev–Trinajstić information content (AvgIpc) is 2.78. The van der Waals surface area contributed by atoms with Crippen LogP contribution in [0.15, 0.2) is 88.8 Å². The smallest absolute Gasteiger partial charge is 0.305 e. The van der Waals surface area contributed by atoms with Gasteiger partial charge >= 0.3 is 5.97 Å². The Balaban J connectivity index is 1.82. The van der Waals surface area contributed by atoms with Gasteiger partial charge in [0.15, 0.2) is 15.8 Å². The van der Waals surface area contributed by atoms with Gasteiger partial charge in [0, 0.05) is 11.3 Å². The molecule has 1 amide bonds. The molecule has 0 saturated carbocycles. The Morgan fingerprint density at radius 1 is 0.939 bits per heavy atom. The second-order valence-electron chi connectivity index (χ2n) is 7.11. The Kier molecular flexibility index (Phi) is 7.09. The van der Waals surface area contributed by atoms with Crippen LogP contribution in [0, 0.1) is 0 Å². The molecule has 0 saturated heterocycles. The summed E-state index contributed by atoms with van der Waals surface area (Å²) in [6, 6.07) is 20.1. The predicted molar refractivity (Wildman–Crippen MR) is 125 cm³/mol. The molecule has 0 aliphatic heterocycles. The summed E-state index contributed by atoms with van der Waals surface area (Å²) >= 11 is 0. The van der Waals surface area contributed by atoms with Crippen molar-refractivity contribution in [2.24, 2.45) is 16.5 Å². The summed E-state index contributed by atoms with van der Waals surface area (Å²) in [7, 11) is -4.00. The van der Waals surface area contributed by atoms with Crippen LogP contribution in [-0.2, 0) is 14.6 Å². The van der Waals surface area contributed by atoms with Crippen molar-refractivity contribution in [3.63, 3.8) is 0 Å². The van der Waals surface area contributed by atoms with Gasteiger partial charge in [-0.3, -0.25) is 9.59 Å². The van der Waals surface area contributed by atoms with Gasteiger partial charge in [0.05, 0.1) is 17.0 Å². The quantitative estimate of drug-likeness (QED) is 0.293. The summed E-state index contributed by atoms with van der Waals surface area (Å²) in [4.78, 5) is 27.7. The molecule has 0 bridgehead atoms. The normalized spacial score (nSPS) is 11.9. The molecule has 6 N–H and O–H groups in total. The fraction of sp³-hybridized carbons (Fsp3) is 0.0870. The van der Waals surface area contributed by atoms with Crippen molar-refractivity contribution in [2.75, 3.05) is 5.32 Å². The van der Waals surface area contributed by atoms with Gasteiger partial charge in [-0.2, -0.15) is 0 Å². The lowest BCUT2D eigenvalue weighted by Gasteiger charge is -2.17. The number of nitrogens with zero attached hydrogens (tertiary/aromatic N) is 1. The summed E-state index contributed by atoms with van der Waals surface area (Å²) in [5, 5.41) is 10.7. The Hall–Kier alpha value is -4.18. The van der Waals surface area contributed by atoms with E-state index in [9.17, 15) is 23.1 Å². The number of amides is 1. The van der Waals surface area contributed by atoms with Crippen LogP contribution in [-0.4, -0.2) is 31.4 Å². The topological polar surface area (TPSA) is 165 Å². The monoisotopic (exact) mass is 466 g/mol. The van der Waals surface area contributed by atoms with Gasteiger partial charge in [0.2, 0.25) is 0 Å². The van der Waals surface area contributed by atoms with E-state index in [1.807, 2.05) is 0 Å². The first-order valence-electron chi connectivity index (χ1n) is 9.78. The Labute approximate surface area is 190 Å². The van der Waals surface area contributed by atoms with Gasteiger partial charge in [-0.05, 0) is 48.0 Å². The minimum absolute atomic E-state index is 0.0506. The van der Waals surface area contributed by atoms with E-state index in [1.165, 1.54) is 30.3 Å². The van der Waals surface area contributed by atoms with Crippen LogP contribution < -0.4 is 16.8 Å². The molecule has 3 rings (SSSR count). The Bertz CT molecular complexity index is 1290. The summed E-state index contributed by atoms with van der Waals surface area (Å²) < 4.78 is 26.3. The molecule has 0 aliphatic rings. The second-order valence-corrected chi connectivity index (χ2v) is 9.24. The highest BCUT2D eigenvalue weighted by molar-refractivity contribution is 7.91. The number of hydrogen-bond donors (Lipinski definition) is 4. The third kappa shape index (κ3) is 5.95.